The van der Waals surface area contributed by atoms with Crippen molar-refractivity contribution in [3.05, 3.63) is 41.6 Å². The fourth-order valence-electron chi connectivity index (χ4n) is 2.62. The summed E-state index contributed by atoms with van der Waals surface area (Å²) in [6, 6.07) is 10.4. The molecule has 1 fully saturated rings. The van der Waals surface area contributed by atoms with E-state index in [1.54, 1.807) is 0 Å². The minimum Gasteiger partial charge on any atom is -0.355 e. The highest BCUT2D eigenvalue weighted by atomic mass is 15.2. The van der Waals surface area contributed by atoms with Gasteiger partial charge in [0.2, 0.25) is 0 Å². The normalized spacial score (nSPS) is 18.6. The molecule has 0 spiro atoms. The van der Waals surface area contributed by atoms with Gasteiger partial charge < -0.3 is 10.6 Å². The van der Waals surface area contributed by atoms with Crippen molar-refractivity contribution < 1.29 is 0 Å². The molecule has 1 aliphatic rings. The van der Waals surface area contributed by atoms with E-state index in [0.717, 1.165) is 48.0 Å². The summed E-state index contributed by atoms with van der Waals surface area (Å²) in [4.78, 5) is 11.7. The Morgan fingerprint density at radius 1 is 1.15 bits per heavy atom. The van der Waals surface area contributed by atoms with E-state index in [1.165, 1.54) is 0 Å². The summed E-state index contributed by atoms with van der Waals surface area (Å²) in [5, 5.41) is 0. The molecule has 104 valence electrons. The van der Waals surface area contributed by atoms with Crippen molar-refractivity contribution in [1.29, 1.82) is 0 Å². The van der Waals surface area contributed by atoms with E-state index >= 15 is 0 Å². The molecule has 20 heavy (non-hydrogen) atoms. The van der Waals surface area contributed by atoms with Crippen molar-refractivity contribution in [2.24, 2.45) is 5.73 Å². The van der Waals surface area contributed by atoms with Crippen molar-refractivity contribution >= 4 is 5.82 Å². The zero-order valence-electron chi connectivity index (χ0n) is 12.0. The maximum absolute atomic E-state index is 6.01. The molecule has 3 rings (SSSR count). The number of rotatable bonds is 2. The number of aryl methyl sites for hydroxylation is 1. The lowest BCUT2D eigenvalue weighted by Crippen LogP contribution is -2.27. The van der Waals surface area contributed by atoms with Gasteiger partial charge in [0.1, 0.15) is 5.82 Å². The van der Waals surface area contributed by atoms with Crippen LogP contribution in [0.2, 0.25) is 0 Å². The average Bonchev–Trinajstić information content (AvgIpc) is 2.89. The van der Waals surface area contributed by atoms with E-state index in [-0.39, 0.29) is 6.04 Å². The predicted molar refractivity (Wildman–Crippen MR) is 81.7 cm³/mol. The van der Waals surface area contributed by atoms with Crippen LogP contribution in [0.4, 0.5) is 5.82 Å². The fourth-order valence-corrected chi connectivity index (χ4v) is 2.62. The molecule has 1 aromatic carbocycles. The highest BCUT2D eigenvalue weighted by Gasteiger charge is 2.23. The lowest BCUT2D eigenvalue weighted by atomic mass is 10.2. The predicted octanol–water partition coefficient (Wildman–Crippen LogP) is 2.30. The minimum atomic E-state index is 0.254. The summed E-state index contributed by atoms with van der Waals surface area (Å²) in [6.07, 6.45) is 1.03. The summed E-state index contributed by atoms with van der Waals surface area (Å²) in [6.45, 7) is 5.99. The number of nitrogens with zero attached hydrogens (tertiary/aromatic N) is 3. The van der Waals surface area contributed by atoms with Gasteiger partial charge >= 0.3 is 0 Å². The third-order valence-electron chi connectivity index (χ3n) is 3.92. The van der Waals surface area contributed by atoms with Crippen LogP contribution >= 0.6 is 0 Å². The number of benzene rings is 1. The fraction of sp³-hybridized carbons (Fsp3) is 0.375. The molecule has 0 amide bonds. The van der Waals surface area contributed by atoms with Gasteiger partial charge in [0, 0.05) is 36.0 Å². The standard InChI is InChI=1S/C16H20N4/c1-11-12(2)18-15(13-6-4-3-5-7-13)19-16(11)20-9-8-14(17)10-20/h3-7,14H,8-10,17H2,1-2H3. The van der Waals surface area contributed by atoms with Gasteiger partial charge in [-0.15, -0.1) is 0 Å². The van der Waals surface area contributed by atoms with Gasteiger partial charge in [0.15, 0.2) is 5.82 Å². The molecule has 1 saturated heterocycles. The molecule has 0 bridgehead atoms. The maximum Gasteiger partial charge on any atom is 0.161 e. The molecule has 0 radical (unpaired) electrons. The molecule has 2 aromatic rings. The van der Waals surface area contributed by atoms with E-state index in [4.69, 9.17) is 10.7 Å². The van der Waals surface area contributed by atoms with Crippen molar-refractivity contribution in [2.75, 3.05) is 18.0 Å². The van der Waals surface area contributed by atoms with Crippen molar-refractivity contribution in [1.82, 2.24) is 9.97 Å². The van der Waals surface area contributed by atoms with Crippen LogP contribution in [-0.2, 0) is 0 Å². The largest absolute Gasteiger partial charge is 0.355 e. The van der Waals surface area contributed by atoms with Crippen LogP contribution in [0.3, 0.4) is 0 Å². The van der Waals surface area contributed by atoms with Crippen LogP contribution in [0.25, 0.3) is 11.4 Å². The smallest absolute Gasteiger partial charge is 0.161 e. The number of hydrogen-bond acceptors (Lipinski definition) is 4. The van der Waals surface area contributed by atoms with Crippen LogP contribution in [0.1, 0.15) is 17.7 Å². The van der Waals surface area contributed by atoms with E-state index < -0.39 is 0 Å². The van der Waals surface area contributed by atoms with Gasteiger partial charge in [-0.1, -0.05) is 30.3 Å². The monoisotopic (exact) mass is 268 g/mol. The molecule has 0 saturated carbocycles. The number of hydrogen-bond donors (Lipinski definition) is 1. The molecule has 0 aliphatic carbocycles. The lowest BCUT2D eigenvalue weighted by Gasteiger charge is -2.21. The first-order valence-corrected chi connectivity index (χ1v) is 7.06. The van der Waals surface area contributed by atoms with Gasteiger partial charge in [0.25, 0.3) is 0 Å². The second kappa shape index (κ2) is 5.21. The van der Waals surface area contributed by atoms with Crippen LogP contribution in [-0.4, -0.2) is 29.1 Å². The van der Waals surface area contributed by atoms with Gasteiger partial charge in [-0.3, -0.25) is 0 Å². The molecule has 2 N–H and O–H groups in total. The summed E-state index contributed by atoms with van der Waals surface area (Å²) in [5.74, 6) is 1.83. The second-order valence-corrected chi connectivity index (χ2v) is 5.44. The first kappa shape index (κ1) is 13.1. The van der Waals surface area contributed by atoms with Crippen LogP contribution in [0.5, 0.6) is 0 Å². The lowest BCUT2D eigenvalue weighted by molar-refractivity contribution is 0.751. The molecular weight excluding hydrogens is 248 g/mol. The van der Waals surface area contributed by atoms with E-state index in [2.05, 4.69) is 16.8 Å². The zero-order chi connectivity index (χ0) is 14.1. The summed E-state index contributed by atoms with van der Waals surface area (Å²) in [5.41, 5.74) is 9.26. The Balaban J connectivity index is 2.04. The van der Waals surface area contributed by atoms with Gasteiger partial charge in [-0.05, 0) is 20.3 Å². The first-order chi connectivity index (χ1) is 9.65. The molecule has 1 unspecified atom stereocenters. The van der Waals surface area contributed by atoms with Crippen molar-refractivity contribution in [2.45, 2.75) is 26.3 Å². The molecule has 4 nitrogen and oxygen atoms in total. The van der Waals surface area contributed by atoms with Crippen LogP contribution < -0.4 is 10.6 Å². The summed E-state index contributed by atoms with van der Waals surface area (Å²) < 4.78 is 0. The second-order valence-electron chi connectivity index (χ2n) is 5.44. The average molecular weight is 268 g/mol. The van der Waals surface area contributed by atoms with E-state index in [0.29, 0.717) is 0 Å². The molecule has 4 heteroatoms. The van der Waals surface area contributed by atoms with E-state index in [9.17, 15) is 0 Å². The van der Waals surface area contributed by atoms with Gasteiger partial charge in [-0.25, -0.2) is 9.97 Å². The highest BCUT2D eigenvalue weighted by Crippen LogP contribution is 2.26. The first-order valence-electron chi connectivity index (χ1n) is 7.06. The summed E-state index contributed by atoms with van der Waals surface area (Å²) in [7, 11) is 0. The van der Waals surface area contributed by atoms with Gasteiger partial charge in [0.05, 0.1) is 0 Å². The third kappa shape index (κ3) is 2.39. The topological polar surface area (TPSA) is 55.0 Å². The Morgan fingerprint density at radius 3 is 2.55 bits per heavy atom. The minimum absolute atomic E-state index is 0.254. The Labute approximate surface area is 119 Å². The zero-order valence-corrected chi connectivity index (χ0v) is 12.0. The van der Waals surface area contributed by atoms with E-state index in [1.807, 2.05) is 37.3 Å². The molecule has 1 aliphatic heterocycles. The molecule has 1 aromatic heterocycles. The van der Waals surface area contributed by atoms with Gasteiger partial charge in [-0.2, -0.15) is 0 Å². The Bertz CT molecular complexity index is 609. The number of nitrogens with two attached hydrogens (primary N) is 1. The molecular formula is C16H20N4. The Kier molecular flexibility index (Phi) is 3.40. The van der Waals surface area contributed by atoms with Crippen LogP contribution in [0.15, 0.2) is 30.3 Å². The number of aromatic nitrogens is 2. The Hall–Kier alpha value is -1.94. The molecule has 1 atom stereocenters. The van der Waals surface area contributed by atoms with Crippen molar-refractivity contribution in [3.8, 4) is 11.4 Å². The van der Waals surface area contributed by atoms with Crippen molar-refractivity contribution in [3.63, 3.8) is 0 Å². The quantitative estimate of drug-likeness (QED) is 0.908. The maximum atomic E-state index is 6.01. The molecule has 2 heterocycles. The van der Waals surface area contributed by atoms with Crippen LogP contribution in [0, 0.1) is 13.8 Å². The highest BCUT2D eigenvalue weighted by molar-refractivity contribution is 5.60. The summed E-state index contributed by atoms with van der Waals surface area (Å²) >= 11 is 0. The number of anilines is 1. The SMILES string of the molecule is Cc1nc(-c2ccccc2)nc(N2CCC(N)C2)c1C. The Morgan fingerprint density at radius 2 is 1.90 bits per heavy atom. The third-order valence-corrected chi connectivity index (χ3v) is 3.92.